The van der Waals surface area contributed by atoms with Gasteiger partial charge in [-0.15, -0.1) is 0 Å². The van der Waals surface area contributed by atoms with E-state index >= 15 is 0 Å². The summed E-state index contributed by atoms with van der Waals surface area (Å²) in [6.45, 7) is 0. The van der Waals surface area contributed by atoms with E-state index in [4.69, 9.17) is 20.4 Å². The van der Waals surface area contributed by atoms with Crippen LogP contribution in [0.2, 0.25) is 0 Å². The zero-order valence-electron chi connectivity index (χ0n) is 8.99. The monoisotopic (exact) mass is 258 g/mol. The molecule has 0 aromatic carbocycles. The summed E-state index contributed by atoms with van der Waals surface area (Å²) in [5, 5.41) is 34.1. The van der Waals surface area contributed by atoms with Gasteiger partial charge in [-0.05, 0) is 12.8 Å². The smallest absolute Gasteiger partial charge is 0.331 e. The maximum atomic E-state index is 10.6. The summed E-state index contributed by atoms with van der Waals surface area (Å²) in [7, 11) is 0. The van der Waals surface area contributed by atoms with Gasteiger partial charge in [-0.3, -0.25) is 0 Å². The van der Waals surface area contributed by atoms with E-state index in [1.165, 1.54) is 0 Å². The predicted octanol–water partition coefficient (Wildman–Crippen LogP) is -0.0422. The molecule has 0 aliphatic carbocycles. The van der Waals surface area contributed by atoms with Crippen LogP contribution in [0.4, 0.5) is 0 Å². The number of carboxylic acid groups (broad SMARTS) is 4. The zero-order valence-corrected chi connectivity index (χ0v) is 8.99. The van der Waals surface area contributed by atoms with Crippen LogP contribution in [0.1, 0.15) is 12.8 Å². The molecule has 18 heavy (non-hydrogen) atoms. The molecular formula is C10H10O8. The Morgan fingerprint density at radius 1 is 0.667 bits per heavy atom. The lowest BCUT2D eigenvalue weighted by molar-refractivity contribution is -0.135. The molecule has 0 atom stereocenters. The largest absolute Gasteiger partial charge is 0.478 e. The van der Waals surface area contributed by atoms with Gasteiger partial charge in [0.25, 0.3) is 0 Å². The molecule has 0 aromatic rings. The van der Waals surface area contributed by atoms with Crippen molar-refractivity contribution in [1.82, 2.24) is 0 Å². The zero-order chi connectivity index (χ0) is 14.3. The number of hydrogen-bond acceptors (Lipinski definition) is 4. The molecule has 4 N–H and O–H groups in total. The molecule has 0 unspecified atom stereocenters. The van der Waals surface area contributed by atoms with Crippen molar-refractivity contribution in [2.24, 2.45) is 0 Å². The molecule has 0 aliphatic heterocycles. The Bertz CT molecular complexity index is 401. The van der Waals surface area contributed by atoms with Crippen molar-refractivity contribution in [2.45, 2.75) is 12.8 Å². The average Bonchev–Trinajstić information content (AvgIpc) is 2.20. The van der Waals surface area contributed by atoms with Crippen molar-refractivity contribution in [3.8, 4) is 0 Å². The highest BCUT2D eigenvalue weighted by Gasteiger charge is 2.14. The van der Waals surface area contributed by atoms with Gasteiger partial charge in [0.15, 0.2) is 0 Å². The molecule has 0 rings (SSSR count). The fourth-order valence-corrected chi connectivity index (χ4v) is 1.05. The Kier molecular flexibility index (Phi) is 5.84. The maximum absolute atomic E-state index is 10.6. The van der Waals surface area contributed by atoms with Gasteiger partial charge in [0.05, 0.1) is 0 Å². The molecule has 98 valence electrons. The van der Waals surface area contributed by atoms with Gasteiger partial charge >= 0.3 is 23.9 Å². The van der Waals surface area contributed by atoms with Crippen molar-refractivity contribution >= 4 is 23.9 Å². The second-order valence-electron chi connectivity index (χ2n) is 3.13. The van der Waals surface area contributed by atoms with Crippen LogP contribution in [-0.2, 0) is 19.2 Å². The molecule has 8 heteroatoms. The normalized spacial score (nSPS) is 12.0. The second-order valence-corrected chi connectivity index (χ2v) is 3.13. The van der Waals surface area contributed by atoms with Gasteiger partial charge in [-0.1, -0.05) is 0 Å². The van der Waals surface area contributed by atoms with E-state index in [0.29, 0.717) is 12.2 Å². The molecule has 0 aliphatic rings. The molecule has 0 amide bonds. The fraction of sp³-hybridized carbons (Fsp3) is 0.200. The minimum Gasteiger partial charge on any atom is -0.478 e. The summed E-state index contributed by atoms with van der Waals surface area (Å²) in [6, 6.07) is 0. The summed E-state index contributed by atoms with van der Waals surface area (Å²) in [5.41, 5.74) is -1.03. The first kappa shape index (κ1) is 15.4. The van der Waals surface area contributed by atoms with E-state index in [2.05, 4.69) is 0 Å². The van der Waals surface area contributed by atoms with Crippen LogP contribution in [0.3, 0.4) is 0 Å². The summed E-state index contributed by atoms with van der Waals surface area (Å²) >= 11 is 0. The Labute approximate surface area is 100 Å². The molecule has 0 saturated heterocycles. The lowest BCUT2D eigenvalue weighted by Crippen LogP contribution is -2.08. The summed E-state index contributed by atoms with van der Waals surface area (Å²) in [5.74, 6) is -5.96. The van der Waals surface area contributed by atoms with Gasteiger partial charge in [0.1, 0.15) is 0 Å². The van der Waals surface area contributed by atoms with E-state index < -0.39 is 47.9 Å². The van der Waals surface area contributed by atoms with E-state index in [-0.39, 0.29) is 0 Å². The van der Waals surface area contributed by atoms with Crippen molar-refractivity contribution < 1.29 is 39.6 Å². The number of hydrogen-bond donors (Lipinski definition) is 4. The average molecular weight is 258 g/mol. The maximum Gasteiger partial charge on any atom is 0.331 e. The second kappa shape index (κ2) is 6.84. The highest BCUT2D eigenvalue weighted by molar-refractivity contribution is 5.96. The first-order valence-electron chi connectivity index (χ1n) is 4.57. The highest BCUT2D eigenvalue weighted by Crippen LogP contribution is 2.12. The van der Waals surface area contributed by atoms with E-state index in [1.54, 1.807) is 0 Å². The minimum atomic E-state index is -1.50. The third-order valence-corrected chi connectivity index (χ3v) is 1.81. The Morgan fingerprint density at radius 3 is 1.11 bits per heavy atom. The van der Waals surface area contributed by atoms with E-state index in [9.17, 15) is 19.2 Å². The van der Waals surface area contributed by atoms with Gasteiger partial charge < -0.3 is 20.4 Å². The first-order chi connectivity index (χ1) is 8.23. The molecule has 8 nitrogen and oxygen atoms in total. The molecule has 0 aromatic heterocycles. The van der Waals surface area contributed by atoms with E-state index in [1.807, 2.05) is 0 Å². The van der Waals surface area contributed by atoms with Crippen LogP contribution in [0.15, 0.2) is 23.3 Å². The van der Waals surface area contributed by atoms with Crippen molar-refractivity contribution in [3.05, 3.63) is 23.3 Å². The number of carbonyl (C=O) groups is 4. The van der Waals surface area contributed by atoms with Crippen molar-refractivity contribution in [2.75, 3.05) is 0 Å². The minimum absolute atomic E-state index is 0.396. The molecular weight excluding hydrogens is 248 g/mol. The standard InChI is InChI=1S/C10H10O8/c11-7(12)3-5(9(15)16)1-2-6(10(17)18)4-8(13)14/h3-4H,1-2H2,(H,11,12)(H,13,14)(H,15,16)(H,17,18). The van der Waals surface area contributed by atoms with Crippen LogP contribution in [0, 0.1) is 0 Å². The Morgan fingerprint density at radius 2 is 0.944 bits per heavy atom. The number of rotatable bonds is 7. The summed E-state index contributed by atoms with van der Waals surface area (Å²) in [4.78, 5) is 41.9. The Hall–Kier alpha value is -2.64. The van der Waals surface area contributed by atoms with Crippen LogP contribution >= 0.6 is 0 Å². The van der Waals surface area contributed by atoms with Gasteiger partial charge in [-0.25, -0.2) is 19.2 Å². The highest BCUT2D eigenvalue weighted by atomic mass is 16.4. The molecule has 0 bridgehead atoms. The SMILES string of the molecule is O=C(O)C=C(CCC(=CC(=O)O)C(=O)O)C(=O)O. The first-order valence-corrected chi connectivity index (χ1v) is 4.57. The molecule has 0 fully saturated rings. The van der Waals surface area contributed by atoms with Gasteiger partial charge in [0, 0.05) is 23.3 Å². The number of carboxylic acids is 4. The molecule has 0 saturated carbocycles. The fourth-order valence-electron chi connectivity index (χ4n) is 1.05. The topological polar surface area (TPSA) is 149 Å². The van der Waals surface area contributed by atoms with Crippen LogP contribution < -0.4 is 0 Å². The third-order valence-electron chi connectivity index (χ3n) is 1.81. The lowest BCUT2D eigenvalue weighted by atomic mass is 10.0. The van der Waals surface area contributed by atoms with Crippen molar-refractivity contribution in [3.63, 3.8) is 0 Å². The predicted molar refractivity (Wildman–Crippen MR) is 55.9 cm³/mol. The molecule has 0 spiro atoms. The quantitative estimate of drug-likeness (QED) is 0.464. The molecule has 0 radical (unpaired) electrons. The lowest BCUT2D eigenvalue weighted by Gasteiger charge is -2.02. The summed E-state index contributed by atoms with van der Waals surface area (Å²) < 4.78 is 0. The van der Waals surface area contributed by atoms with Gasteiger partial charge in [-0.2, -0.15) is 0 Å². The van der Waals surface area contributed by atoms with Crippen LogP contribution in [0.25, 0.3) is 0 Å². The number of aliphatic carboxylic acids is 4. The third kappa shape index (κ3) is 6.05. The van der Waals surface area contributed by atoms with Crippen LogP contribution in [0.5, 0.6) is 0 Å². The van der Waals surface area contributed by atoms with E-state index in [0.717, 1.165) is 0 Å². The van der Waals surface area contributed by atoms with Gasteiger partial charge in [0.2, 0.25) is 0 Å². The summed E-state index contributed by atoms with van der Waals surface area (Å²) in [6.07, 6.45) is 0.0746. The van der Waals surface area contributed by atoms with Crippen molar-refractivity contribution in [1.29, 1.82) is 0 Å². The Balaban J connectivity index is 4.89. The van der Waals surface area contributed by atoms with Crippen LogP contribution in [-0.4, -0.2) is 44.3 Å². The molecule has 0 heterocycles.